The molecule has 0 aliphatic heterocycles. The van der Waals surface area contributed by atoms with Crippen LogP contribution in [0.2, 0.25) is 13.1 Å². The van der Waals surface area contributed by atoms with E-state index in [2.05, 4.69) is 54.9 Å². The maximum absolute atomic E-state index is 3.76. The Bertz CT molecular complexity index is 121. The first kappa shape index (κ1) is 12.3. The monoisotopic (exact) mass is 205 g/mol. The third kappa shape index (κ3) is 4.37. The summed E-state index contributed by atoms with van der Waals surface area (Å²) in [7, 11) is 4.93. The zero-order valence-electron chi connectivity index (χ0n) is 9.26. The molecule has 0 aromatic heterocycles. The molecule has 0 fully saturated rings. The fraction of sp³-hybridized carbons (Fsp3) is 1.00. The van der Waals surface area contributed by atoms with Crippen molar-refractivity contribution in [2.45, 2.75) is 20.0 Å². The summed E-state index contributed by atoms with van der Waals surface area (Å²) in [5, 5.41) is 0. The van der Waals surface area contributed by atoms with Crippen molar-refractivity contribution < 1.29 is 0 Å². The van der Waals surface area contributed by atoms with E-state index >= 15 is 0 Å². The predicted molar refractivity (Wildman–Crippen MR) is 61.2 cm³/mol. The van der Waals surface area contributed by atoms with Gasteiger partial charge in [-0.2, -0.15) is 0 Å². The Labute approximate surface area is 80.3 Å². The molecule has 0 aliphatic rings. The van der Waals surface area contributed by atoms with Crippen LogP contribution < -0.4 is 4.65 Å². The van der Waals surface area contributed by atoms with Gasteiger partial charge < -0.3 is 13.8 Å². The lowest BCUT2D eigenvalue weighted by Crippen LogP contribution is -2.56. The van der Waals surface area contributed by atoms with Crippen LogP contribution in [0.3, 0.4) is 0 Å². The summed E-state index contributed by atoms with van der Waals surface area (Å²) in [5.74, 6) is 0. The Morgan fingerprint density at radius 1 is 1.08 bits per heavy atom. The van der Waals surface area contributed by atoms with Crippen molar-refractivity contribution in [3.8, 4) is 0 Å². The minimum Gasteiger partial charge on any atom is -0.340 e. The smallest absolute Gasteiger partial charge is 0.178 e. The second-order valence-corrected chi connectivity index (χ2v) is 9.51. The van der Waals surface area contributed by atoms with Gasteiger partial charge in [-0.05, 0) is 40.8 Å². The summed E-state index contributed by atoms with van der Waals surface area (Å²) in [6, 6.07) is 0. The highest BCUT2D eigenvalue weighted by Crippen LogP contribution is 1.89. The van der Waals surface area contributed by atoms with E-state index < -0.39 is 18.2 Å². The molecule has 0 saturated carbocycles. The van der Waals surface area contributed by atoms with E-state index in [0.717, 1.165) is 6.54 Å². The lowest BCUT2D eigenvalue weighted by Gasteiger charge is -2.28. The highest BCUT2D eigenvalue weighted by atomic mass is 28.4. The van der Waals surface area contributed by atoms with Gasteiger partial charge in [0, 0.05) is 0 Å². The number of rotatable bonds is 5. The highest BCUT2D eigenvalue weighted by molar-refractivity contribution is 6.68. The number of nitrogens with zero attached hydrogens (tertiary/aromatic N) is 2. The third-order valence-corrected chi connectivity index (χ3v) is 9.51. The molecule has 0 heterocycles. The molecule has 0 aromatic carbocycles. The van der Waals surface area contributed by atoms with Gasteiger partial charge in [-0.25, -0.2) is 0 Å². The largest absolute Gasteiger partial charge is 0.340 e. The lowest BCUT2D eigenvalue weighted by atomic mass is 10.8. The minimum absolute atomic E-state index is 0.800. The summed E-state index contributed by atoms with van der Waals surface area (Å²) < 4.78 is 8.55. The van der Waals surface area contributed by atoms with Gasteiger partial charge in [0.05, 0.1) is 0 Å². The molecule has 0 saturated heterocycles. The fourth-order valence-corrected chi connectivity index (χ4v) is 6.45. The lowest BCUT2D eigenvalue weighted by molar-refractivity contribution is 0.543. The number of hydrogen-bond acceptors (Lipinski definition) is 3. The minimum atomic E-state index is -0.807. The zero-order valence-corrected chi connectivity index (χ0v) is 11.6. The van der Waals surface area contributed by atoms with Crippen LogP contribution in [0, 0.1) is 0 Å². The van der Waals surface area contributed by atoms with Gasteiger partial charge in [0.2, 0.25) is 0 Å². The first-order valence-electron chi connectivity index (χ1n) is 4.61. The van der Waals surface area contributed by atoms with Gasteiger partial charge in [0.1, 0.15) is 0 Å². The van der Waals surface area contributed by atoms with E-state index in [1.54, 1.807) is 0 Å². The van der Waals surface area contributed by atoms with Crippen LogP contribution in [0.1, 0.15) is 6.92 Å². The van der Waals surface area contributed by atoms with Gasteiger partial charge in [0.25, 0.3) is 0 Å². The van der Waals surface area contributed by atoms with Crippen LogP contribution in [0.15, 0.2) is 0 Å². The van der Waals surface area contributed by atoms with Crippen molar-refractivity contribution >= 4 is 18.2 Å². The number of nitrogens with one attached hydrogen (secondary N) is 1. The molecule has 0 bridgehead atoms. The number of hydrogen-bond donors (Lipinski definition) is 1. The molecule has 0 amide bonds. The molecular weight excluding hydrogens is 182 g/mol. The third-order valence-electron chi connectivity index (χ3n) is 2.42. The van der Waals surface area contributed by atoms with Gasteiger partial charge in [-0.15, -0.1) is 0 Å². The molecule has 2 unspecified atom stereocenters. The van der Waals surface area contributed by atoms with Gasteiger partial charge in [-0.3, -0.25) is 0 Å². The summed E-state index contributed by atoms with van der Waals surface area (Å²) in [6.45, 7) is 8.07. The van der Waals surface area contributed by atoms with E-state index in [1.165, 1.54) is 0 Å². The van der Waals surface area contributed by atoms with Crippen LogP contribution in [-0.4, -0.2) is 55.1 Å². The van der Waals surface area contributed by atoms with Crippen LogP contribution in [0.5, 0.6) is 0 Å². The van der Waals surface area contributed by atoms with Crippen molar-refractivity contribution in [1.29, 1.82) is 0 Å². The topological polar surface area (TPSA) is 18.5 Å². The Hall–Kier alpha value is 0.314. The second-order valence-electron chi connectivity index (χ2n) is 3.56. The Morgan fingerprint density at radius 2 is 1.58 bits per heavy atom. The maximum atomic E-state index is 3.76. The van der Waals surface area contributed by atoms with Crippen molar-refractivity contribution in [2.75, 3.05) is 27.7 Å². The average Bonchev–Trinajstić information content (AvgIpc) is 2.02. The Balaban J connectivity index is 3.75. The maximum Gasteiger partial charge on any atom is 0.178 e. The second kappa shape index (κ2) is 5.87. The van der Waals surface area contributed by atoms with Crippen LogP contribution in [0.25, 0.3) is 0 Å². The van der Waals surface area contributed by atoms with E-state index in [9.17, 15) is 0 Å². The van der Waals surface area contributed by atoms with E-state index in [1.807, 2.05) is 0 Å². The predicted octanol–water partition coefficient (Wildman–Crippen LogP) is -0.210. The molecule has 0 spiro atoms. The van der Waals surface area contributed by atoms with Crippen LogP contribution >= 0.6 is 0 Å². The summed E-state index contributed by atoms with van der Waals surface area (Å²) in [6.07, 6.45) is 0. The van der Waals surface area contributed by atoms with E-state index in [0.29, 0.717) is 0 Å². The molecule has 12 heavy (non-hydrogen) atoms. The SMILES string of the molecule is CCN(C)[SiH](C)N[SiH](C)N(C)C. The molecule has 0 aromatic rings. The Morgan fingerprint density at radius 3 is 1.92 bits per heavy atom. The molecule has 3 nitrogen and oxygen atoms in total. The fourth-order valence-electron chi connectivity index (χ4n) is 0.899. The van der Waals surface area contributed by atoms with Crippen molar-refractivity contribution in [1.82, 2.24) is 13.8 Å². The molecule has 2 atom stereocenters. The highest BCUT2D eigenvalue weighted by Gasteiger charge is 2.14. The van der Waals surface area contributed by atoms with Crippen LogP contribution in [-0.2, 0) is 0 Å². The zero-order chi connectivity index (χ0) is 9.72. The molecule has 0 radical (unpaired) electrons. The summed E-state index contributed by atoms with van der Waals surface area (Å²) in [5.41, 5.74) is 0. The first-order chi connectivity index (χ1) is 5.49. The van der Waals surface area contributed by atoms with Gasteiger partial charge in [-0.1, -0.05) is 6.92 Å². The summed E-state index contributed by atoms with van der Waals surface area (Å²) >= 11 is 0. The van der Waals surface area contributed by atoms with E-state index in [4.69, 9.17) is 0 Å². The van der Waals surface area contributed by atoms with Gasteiger partial charge >= 0.3 is 0 Å². The molecule has 5 heteroatoms. The van der Waals surface area contributed by atoms with Crippen molar-refractivity contribution in [3.05, 3.63) is 0 Å². The quantitative estimate of drug-likeness (QED) is 0.627. The molecule has 74 valence electrons. The van der Waals surface area contributed by atoms with Gasteiger partial charge in [0.15, 0.2) is 18.2 Å². The normalized spacial score (nSPS) is 17.0. The Kier molecular flexibility index (Phi) is 6.03. The molecule has 1 N–H and O–H groups in total. The van der Waals surface area contributed by atoms with Crippen molar-refractivity contribution in [3.63, 3.8) is 0 Å². The van der Waals surface area contributed by atoms with E-state index in [-0.39, 0.29) is 0 Å². The molecular formula is C7H23N3Si2. The standard InChI is InChI=1S/C7H23N3Si2/c1-7-10(4)12(6)8-11(5)9(2)3/h8,11-12H,7H2,1-6H3. The van der Waals surface area contributed by atoms with Crippen LogP contribution in [0.4, 0.5) is 0 Å². The van der Waals surface area contributed by atoms with Crippen molar-refractivity contribution in [2.24, 2.45) is 0 Å². The summed E-state index contributed by atoms with van der Waals surface area (Å²) in [4.78, 5) is 0. The molecule has 0 rings (SSSR count). The first-order valence-corrected chi connectivity index (χ1v) is 9.11. The molecule has 0 aliphatic carbocycles. The average molecular weight is 205 g/mol.